The van der Waals surface area contributed by atoms with Crippen molar-refractivity contribution in [2.45, 2.75) is 13.0 Å². The first kappa shape index (κ1) is 14.7. The van der Waals surface area contributed by atoms with Gasteiger partial charge in [0.1, 0.15) is 6.04 Å². The van der Waals surface area contributed by atoms with E-state index in [2.05, 4.69) is 5.32 Å². The van der Waals surface area contributed by atoms with Crippen LogP contribution < -0.4 is 5.32 Å². The first-order valence-electron chi connectivity index (χ1n) is 5.74. The molecule has 0 aliphatic heterocycles. The van der Waals surface area contributed by atoms with Crippen LogP contribution >= 0.6 is 0 Å². The normalized spacial score (nSPS) is 11.5. The molecule has 0 radical (unpaired) electrons. The van der Waals surface area contributed by atoms with Gasteiger partial charge >= 0.3 is 5.97 Å². The number of nitrogens with one attached hydrogen (secondary N) is 1. The highest BCUT2D eigenvalue weighted by Gasteiger charge is 2.18. The fourth-order valence-electron chi connectivity index (χ4n) is 1.44. The Morgan fingerprint density at radius 2 is 1.84 bits per heavy atom. The molecule has 2 N–H and O–H groups in total. The van der Waals surface area contributed by atoms with Crippen LogP contribution in [-0.4, -0.2) is 47.4 Å². The van der Waals surface area contributed by atoms with Gasteiger partial charge in [-0.15, -0.1) is 0 Å². The molecule has 0 aliphatic carbocycles. The molecule has 19 heavy (non-hydrogen) atoms. The molecule has 0 spiro atoms. The van der Waals surface area contributed by atoms with Crippen molar-refractivity contribution >= 4 is 17.8 Å². The van der Waals surface area contributed by atoms with Gasteiger partial charge in [0.15, 0.2) is 0 Å². The van der Waals surface area contributed by atoms with E-state index in [1.54, 1.807) is 30.3 Å². The number of hydrogen-bond donors (Lipinski definition) is 2. The summed E-state index contributed by atoms with van der Waals surface area (Å²) < 4.78 is 0. The minimum absolute atomic E-state index is 0.189. The summed E-state index contributed by atoms with van der Waals surface area (Å²) in [5.74, 6) is -1.93. The number of carbonyl (C=O) groups excluding carboxylic acids is 2. The predicted molar refractivity (Wildman–Crippen MR) is 68.6 cm³/mol. The second-order valence-electron chi connectivity index (χ2n) is 4.15. The summed E-state index contributed by atoms with van der Waals surface area (Å²) in [6.45, 7) is 1.17. The lowest BCUT2D eigenvalue weighted by Crippen LogP contribution is -2.44. The number of amides is 2. The average molecular weight is 264 g/mol. The van der Waals surface area contributed by atoms with Crippen LogP contribution in [0.1, 0.15) is 17.3 Å². The fourth-order valence-corrected chi connectivity index (χ4v) is 1.44. The van der Waals surface area contributed by atoms with Gasteiger partial charge in [-0.1, -0.05) is 18.2 Å². The molecule has 0 aliphatic rings. The average Bonchev–Trinajstić information content (AvgIpc) is 2.38. The molecule has 0 heterocycles. The van der Waals surface area contributed by atoms with E-state index in [9.17, 15) is 14.4 Å². The van der Waals surface area contributed by atoms with Gasteiger partial charge in [-0.25, -0.2) is 0 Å². The summed E-state index contributed by atoms with van der Waals surface area (Å²) in [6, 6.07) is 7.57. The second-order valence-corrected chi connectivity index (χ2v) is 4.15. The molecule has 0 fully saturated rings. The highest BCUT2D eigenvalue weighted by atomic mass is 16.4. The fraction of sp³-hybridized carbons (Fsp3) is 0.308. The molecule has 1 aromatic rings. The van der Waals surface area contributed by atoms with Crippen LogP contribution in [0.25, 0.3) is 0 Å². The van der Waals surface area contributed by atoms with Crippen LogP contribution in [-0.2, 0) is 9.59 Å². The quantitative estimate of drug-likeness (QED) is 0.803. The van der Waals surface area contributed by atoms with Crippen LogP contribution in [0.4, 0.5) is 0 Å². The van der Waals surface area contributed by atoms with E-state index in [0.29, 0.717) is 5.56 Å². The predicted octanol–water partition coefficient (Wildman–Crippen LogP) is 0.348. The number of rotatable bonds is 5. The molecule has 0 saturated heterocycles. The first-order chi connectivity index (χ1) is 8.91. The Morgan fingerprint density at radius 1 is 1.26 bits per heavy atom. The van der Waals surface area contributed by atoms with Crippen molar-refractivity contribution in [3.8, 4) is 0 Å². The van der Waals surface area contributed by atoms with Crippen molar-refractivity contribution in [2.75, 3.05) is 13.6 Å². The molecule has 0 bridgehead atoms. The monoisotopic (exact) mass is 264 g/mol. The molecular weight excluding hydrogens is 248 g/mol. The SMILES string of the molecule is C[C@@H](NC(=O)CN(C)C(=O)c1ccccc1)C(=O)O. The Hall–Kier alpha value is -2.37. The summed E-state index contributed by atoms with van der Waals surface area (Å²) >= 11 is 0. The smallest absolute Gasteiger partial charge is 0.325 e. The molecule has 0 aromatic heterocycles. The highest BCUT2D eigenvalue weighted by molar-refractivity contribution is 5.96. The van der Waals surface area contributed by atoms with E-state index in [1.807, 2.05) is 0 Å². The minimum atomic E-state index is -1.12. The van der Waals surface area contributed by atoms with Gasteiger partial charge in [0.25, 0.3) is 5.91 Å². The largest absolute Gasteiger partial charge is 0.480 e. The van der Waals surface area contributed by atoms with Gasteiger partial charge < -0.3 is 15.3 Å². The number of carbonyl (C=O) groups is 3. The molecule has 1 atom stereocenters. The third-order valence-electron chi connectivity index (χ3n) is 2.50. The molecule has 6 nitrogen and oxygen atoms in total. The first-order valence-corrected chi connectivity index (χ1v) is 5.74. The van der Waals surface area contributed by atoms with Crippen LogP contribution in [0.2, 0.25) is 0 Å². The summed E-state index contributed by atoms with van der Waals surface area (Å²) in [4.78, 5) is 35.3. The van der Waals surface area contributed by atoms with Gasteiger partial charge in [0.2, 0.25) is 5.91 Å². The molecule has 0 saturated carbocycles. The summed E-state index contributed by atoms with van der Waals surface area (Å²) in [6.07, 6.45) is 0. The van der Waals surface area contributed by atoms with E-state index >= 15 is 0 Å². The lowest BCUT2D eigenvalue weighted by Gasteiger charge is -2.17. The molecular formula is C13H16N2O4. The van der Waals surface area contributed by atoms with E-state index < -0.39 is 17.9 Å². The van der Waals surface area contributed by atoms with Crippen molar-refractivity contribution in [1.29, 1.82) is 0 Å². The Balaban J connectivity index is 2.55. The molecule has 102 valence electrons. The lowest BCUT2D eigenvalue weighted by molar-refractivity contribution is -0.141. The maximum atomic E-state index is 11.9. The van der Waals surface area contributed by atoms with Crippen LogP contribution in [0.5, 0.6) is 0 Å². The Labute approximate surface area is 111 Å². The molecule has 1 rings (SSSR count). The van der Waals surface area contributed by atoms with Crippen molar-refractivity contribution in [2.24, 2.45) is 0 Å². The van der Waals surface area contributed by atoms with Crippen LogP contribution in [0, 0.1) is 0 Å². The zero-order valence-electron chi connectivity index (χ0n) is 10.8. The van der Waals surface area contributed by atoms with Crippen molar-refractivity contribution in [3.63, 3.8) is 0 Å². The molecule has 2 amide bonds. The third-order valence-corrected chi connectivity index (χ3v) is 2.50. The zero-order valence-corrected chi connectivity index (χ0v) is 10.8. The standard InChI is InChI=1S/C13H16N2O4/c1-9(13(18)19)14-11(16)8-15(2)12(17)10-6-4-3-5-7-10/h3-7,9H,8H2,1-2H3,(H,14,16)(H,18,19)/t9-/m1/s1. The topological polar surface area (TPSA) is 86.7 Å². The number of likely N-dealkylation sites (N-methyl/N-ethyl adjacent to an activating group) is 1. The van der Waals surface area contributed by atoms with E-state index in [4.69, 9.17) is 5.11 Å². The van der Waals surface area contributed by atoms with Gasteiger partial charge in [0.05, 0.1) is 6.54 Å². The highest BCUT2D eigenvalue weighted by Crippen LogP contribution is 2.02. The van der Waals surface area contributed by atoms with E-state index in [-0.39, 0.29) is 12.5 Å². The third kappa shape index (κ3) is 4.42. The minimum Gasteiger partial charge on any atom is -0.480 e. The van der Waals surface area contributed by atoms with E-state index in [0.717, 1.165) is 0 Å². The maximum absolute atomic E-state index is 11.9. The number of aliphatic carboxylic acids is 1. The van der Waals surface area contributed by atoms with Crippen molar-refractivity contribution in [3.05, 3.63) is 35.9 Å². The van der Waals surface area contributed by atoms with Gasteiger partial charge in [-0.3, -0.25) is 14.4 Å². The Kier molecular flexibility index (Phi) is 5.05. The van der Waals surface area contributed by atoms with Gasteiger partial charge in [0, 0.05) is 12.6 Å². The zero-order chi connectivity index (χ0) is 14.4. The molecule has 6 heteroatoms. The maximum Gasteiger partial charge on any atom is 0.325 e. The number of carboxylic acids is 1. The second kappa shape index (κ2) is 6.53. The molecule has 0 unspecified atom stereocenters. The Bertz CT molecular complexity index is 473. The van der Waals surface area contributed by atoms with Crippen LogP contribution in [0.3, 0.4) is 0 Å². The summed E-state index contributed by atoms with van der Waals surface area (Å²) in [5, 5.41) is 10.9. The van der Waals surface area contributed by atoms with E-state index in [1.165, 1.54) is 18.9 Å². The van der Waals surface area contributed by atoms with Gasteiger partial charge in [-0.2, -0.15) is 0 Å². The molecule has 1 aromatic carbocycles. The van der Waals surface area contributed by atoms with Crippen molar-refractivity contribution in [1.82, 2.24) is 10.2 Å². The lowest BCUT2D eigenvalue weighted by atomic mass is 10.2. The number of benzene rings is 1. The summed E-state index contributed by atoms with van der Waals surface area (Å²) in [5.41, 5.74) is 0.476. The number of nitrogens with zero attached hydrogens (tertiary/aromatic N) is 1. The number of hydrogen-bond acceptors (Lipinski definition) is 3. The van der Waals surface area contributed by atoms with Gasteiger partial charge in [-0.05, 0) is 19.1 Å². The van der Waals surface area contributed by atoms with Crippen LogP contribution in [0.15, 0.2) is 30.3 Å². The number of carboxylic acid groups (broad SMARTS) is 1. The summed E-state index contributed by atoms with van der Waals surface area (Å²) in [7, 11) is 1.49. The Morgan fingerprint density at radius 3 is 2.37 bits per heavy atom. The van der Waals surface area contributed by atoms with Crippen molar-refractivity contribution < 1.29 is 19.5 Å².